The lowest BCUT2D eigenvalue weighted by Gasteiger charge is -2.31. The van der Waals surface area contributed by atoms with E-state index in [1.165, 1.54) is 0 Å². The first kappa shape index (κ1) is 15.2. The summed E-state index contributed by atoms with van der Waals surface area (Å²) in [5.74, 6) is 0.507. The molecule has 0 aromatic carbocycles. The summed E-state index contributed by atoms with van der Waals surface area (Å²) in [6.07, 6.45) is 2.66. The number of nitro groups is 1. The molecule has 19 heavy (non-hydrogen) atoms. The van der Waals surface area contributed by atoms with E-state index in [1.54, 1.807) is 38.3 Å². The summed E-state index contributed by atoms with van der Waals surface area (Å²) in [5.41, 5.74) is 0.933. The van der Waals surface area contributed by atoms with Gasteiger partial charge in [-0.3, -0.25) is 10.1 Å². The minimum absolute atomic E-state index is 0.0571. The van der Waals surface area contributed by atoms with Gasteiger partial charge in [0.25, 0.3) is 6.20 Å². The zero-order chi connectivity index (χ0) is 14.6. The zero-order valence-electron chi connectivity index (χ0n) is 11.4. The van der Waals surface area contributed by atoms with Crippen LogP contribution in [0.25, 0.3) is 0 Å². The molecule has 1 aromatic heterocycles. The van der Waals surface area contributed by atoms with Crippen molar-refractivity contribution >= 4 is 11.6 Å². The highest BCUT2D eigenvalue weighted by Gasteiger charge is 2.19. The number of pyridine rings is 1. The third-order valence-corrected chi connectivity index (χ3v) is 3.08. The van der Waals surface area contributed by atoms with Gasteiger partial charge in [-0.2, -0.15) is 0 Å². The Bertz CT molecular complexity index is 473. The predicted molar refractivity (Wildman–Crippen MR) is 74.2 cm³/mol. The summed E-state index contributed by atoms with van der Waals surface area (Å²) in [7, 11) is 5.33. The predicted octanol–water partition coefficient (Wildman–Crippen LogP) is 2.37. The van der Waals surface area contributed by atoms with E-state index in [0.29, 0.717) is 11.0 Å². The van der Waals surface area contributed by atoms with Gasteiger partial charge in [0, 0.05) is 27.3 Å². The second kappa shape index (κ2) is 6.38. The molecule has 0 fully saturated rings. The van der Waals surface area contributed by atoms with Crippen LogP contribution in [0, 0.1) is 10.1 Å². The third-order valence-electron chi connectivity index (χ3n) is 2.85. The summed E-state index contributed by atoms with van der Waals surface area (Å²) in [6.45, 7) is 1.95. The molecule has 7 heteroatoms. The van der Waals surface area contributed by atoms with Gasteiger partial charge in [-0.1, -0.05) is 17.7 Å². The number of hydrogen-bond acceptors (Lipinski definition) is 5. The van der Waals surface area contributed by atoms with Gasteiger partial charge in [-0.05, 0) is 18.6 Å². The van der Waals surface area contributed by atoms with Crippen LogP contribution in [0.1, 0.15) is 18.5 Å². The minimum atomic E-state index is -0.460. The lowest BCUT2D eigenvalue weighted by atomic mass is 10.1. The standard InChI is InChI=1S/C12H17ClN4O2/c1-9(10-5-6-11(13)14-7-10)16(4)12(15(2)3)8-17(18)19/h5-9H,1-4H3. The monoisotopic (exact) mass is 284 g/mol. The van der Waals surface area contributed by atoms with Crippen LogP contribution < -0.4 is 0 Å². The summed E-state index contributed by atoms with van der Waals surface area (Å²) < 4.78 is 0. The largest absolute Gasteiger partial charge is 0.359 e. The van der Waals surface area contributed by atoms with E-state index in [9.17, 15) is 10.1 Å². The molecule has 1 unspecified atom stereocenters. The van der Waals surface area contributed by atoms with Crippen LogP contribution >= 0.6 is 11.6 Å². The lowest BCUT2D eigenvalue weighted by molar-refractivity contribution is -0.405. The first-order chi connectivity index (χ1) is 8.82. The molecular weight excluding hydrogens is 268 g/mol. The minimum Gasteiger partial charge on any atom is -0.359 e. The second-order valence-electron chi connectivity index (χ2n) is 4.37. The van der Waals surface area contributed by atoms with Crippen LogP contribution in [0.5, 0.6) is 0 Å². The van der Waals surface area contributed by atoms with Crippen LogP contribution in [0.4, 0.5) is 0 Å². The highest BCUT2D eigenvalue weighted by molar-refractivity contribution is 6.29. The van der Waals surface area contributed by atoms with Crippen molar-refractivity contribution in [2.75, 3.05) is 21.1 Å². The number of rotatable bonds is 5. The Morgan fingerprint density at radius 3 is 2.53 bits per heavy atom. The number of nitrogens with zero attached hydrogens (tertiary/aromatic N) is 4. The fourth-order valence-electron chi connectivity index (χ4n) is 1.67. The van der Waals surface area contributed by atoms with E-state index in [1.807, 2.05) is 17.9 Å². The Morgan fingerprint density at radius 2 is 2.11 bits per heavy atom. The average molecular weight is 285 g/mol. The molecule has 0 N–H and O–H groups in total. The molecule has 0 bridgehead atoms. The van der Waals surface area contributed by atoms with Crippen LogP contribution in [-0.4, -0.2) is 40.9 Å². The summed E-state index contributed by atoms with van der Waals surface area (Å²) in [4.78, 5) is 17.7. The van der Waals surface area contributed by atoms with Gasteiger partial charge in [-0.25, -0.2) is 4.98 Å². The molecule has 0 aliphatic carbocycles. The van der Waals surface area contributed by atoms with Gasteiger partial charge in [0.2, 0.25) is 0 Å². The van der Waals surface area contributed by atoms with Crippen molar-refractivity contribution in [3.8, 4) is 0 Å². The number of aromatic nitrogens is 1. The normalized spacial score (nSPS) is 13.0. The smallest absolute Gasteiger partial charge is 0.274 e. The second-order valence-corrected chi connectivity index (χ2v) is 4.76. The number of halogens is 1. The third kappa shape index (κ3) is 4.10. The maximum atomic E-state index is 10.7. The first-order valence-electron chi connectivity index (χ1n) is 5.70. The molecule has 6 nitrogen and oxygen atoms in total. The van der Waals surface area contributed by atoms with Gasteiger partial charge in [0.1, 0.15) is 5.15 Å². The highest BCUT2D eigenvalue weighted by atomic mass is 35.5. The molecule has 0 radical (unpaired) electrons. The Kier molecular flexibility index (Phi) is 5.11. The van der Waals surface area contributed by atoms with Crippen LogP contribution in [0.15, 0.2) is 30.4 Å². The highest BCUT2D eigenvalue weighted by Crippen LogP contribution is 2.23. The van der Waals surface area contributed by atoms with E-state index in [2.05, 4.69) is 4.98 Å². The van der Waals surface area contributed by atoms with Crippen LogP contribution in [0.3, 0.4) is 0 Å². The molecule has 1 atom stereocenters. The average Bonchev–Trinajstić information content (AvgIpc) is 2.34. The SMILES string of the molecule is CC(c1ccc(Cl)nc1)N(C)C(=C[N+](=O)[O-])N(C)C. The van der Waals surface area contributed by atoms with Crippen LogP contribution in [0.2, 0.25) is 5.15 Å². The van der Waals surface area contributed by atoms with E-state index in [-0.39, 0.29) is 6.04 Å². The van der Waals surface area contributed by atoms with Crippen molar-refractivity contribution in [3.63, 3.8) is 0 Å². The van der Waals surface area contributed by atoms with Crippen molar-refractivity contribution < 1.29 is 4.92 Å². The van der Waals surface area contributed by atoms with Gasteiger partial charge in [-0.15, -0.1) is 0 Å². The van der Waals surface area contributed by atoms with Gasteiger partial charge in [0.15, 0.2) is 5.82 Å². The Morgan fingerprint density at radius 1 is 1.47 bits per heavy atom. The topological polar surface area (TPSA) is 62.5 Å². The van der Waals surface area contributed by atoms with Gasteiger partial charge >= 0.3 is 0 Å². The van der Waals surface area contributed by atoms with Crippen molar-refractivity contribution in [1.82, 2.24) is 14.8 Å². The fourth-order valence-corrected chi connectivity index (χ4v) is 1.78. The molecule has 0 saturated carbocycles. The lowest BCUT2D eigenvalue weighted by Crippen LogP contribution is -2.31. The van der Waals surface area contributed by atoms with Crippen molar-refractivity contribution in [2.45, 2.75) is 13.0 Å². The van der Waals surface area contributed by atoms with Crippen molar-refractivity contribution in [2.24, 2.45) is 0 Å². The van der Waals surface area contributed by atoms with Gasteiger partial charge in [0.05, 0.1) is 11.0 Å². The Hall–Kier alpha value is -1.82. The quantitative estimate of drug-likeness (QED) is 0.472. The summed E-state index contributed by atoms with van der Waals surface area (Å²) >= 11 is 5.74. The first-order valence-corrected chi connectivity index (χ1v) is 6.07. The maximum absolute atomic E-state index is 10.7. The maximum Gasteiger partial charge on any atom is 0.274 e. The molecule has 0 aliphatic heterocycles. The molecule has 0 aliphatic rings. The molecule has 0 spiro atoms. The Labute approximate surface area is 117 Å². The molecule has 0 saturated heterocycles. The number of hydrogen-bond donors (Lipinski definition) is 0. The summed E-state index contributed by atoms with van der Waals surface area (Å²) in [5, 5.41) is 11.1. The molecular formula is C12H17ClN4O2. The Balaban J connectivity index is 2.99. The summed E-state index contributed by atoms with van der Waals surface area (Å²) in [6, 6.07) is 3.50. The molecule has 104 valence electrons. The van der Waals surface area contributed by atoms with Crippen molar-refractivity contribution in [1.29, 1.82) is 0 Å². The van der Waals surface area contributed by atoms with Crippen LogP contribution in [-0.2, 0) is 0 Å². The zero-order valence-corrected chi connectivity index (χ0v) is 12.1. The molecule has 0 amide bonds. The molecule has 1 aromatic rings. The van der Waals surface area contributed by atoms with Gasteiger partial charge < -0.3 is 9.80 Å². The fraction of sp³-hybridized carbons (Fsp3) is 0.417. The van der Waals surface area contributed by atoms with E-state index < -0.39 is 4.92 Å². The van der Waals surface area contributed by atoms with E-state index in [0.717, 1.165) is 11.8 Å². The van der Waals surface area contributed by atoms with E-state index >= 15 is 0 Å². The molecule has 1 heterocycles. The van der Waals surface area contributed by atoms with E-state index in [4.69, 9.17) is 11.6 Å². The molecule has 1 rings (SSSR count). The van der Waals surface area contributed by atoms with Crippen molar-refractivity contribution in [3.05, 3.63) is 51.2 Å².